The number of rotatable bonds is 1. The number of nitrogens with zero attached hydrogens (tertiary/aromatic N) is 1. The van der Waals surface area contributed by atoms with Gasteiger partial charge in [0.15, 0.2) is 0 Å². The maximum Gasteiger partial charge on any atom is 0.280 e. The van der Waals surface area contributed by atoms with Gasteiger partial charge in [-0.2, -0.15) is 0 Å². The molecule has 1 rings (SSSR count). The Morgan fingerprint density at radius 3 is 2.18 bits per heavy atom. The van der Waals surface area contributed by atoms with Gasteiger partial charge in [0.2, 0.25) is 0 Å². The molecule has 62 valence electrons. The van der Waals surface area contributed by atoms with Crippen molar-refractivity contribution in [1.82, 2.24) is 4.98 Å². The van der Waals surface area contributed by atoms with E-state index in [2.05, 4.69) is 4.98 Å². The van der Waals surface area contributed by atoms with E-state index >= 15 is 0 Å². The van der Waals surface area contributed by atoms with Gasteiger partial charge >= 0.3 is 0 Å². The van der Waals surface area contributed by atoms with Gasteiger partial charge in [-0.05, 0) is 12.1 Å². The van der Waals surface area contributed by atoms with Crippen LogP contribution in [0.3, 0.4) is 0 Å². The molecule has 0 aliphatic heterocycles. The summed E-state index contributed by atoms with van der Waals surface area (Å²) in [5.74, 6) is 0. The van der Waals surface area contributed by atoms with E-state index in [1.165, 1.54) is 18.3 Å². The monoisotopic (exact) mass is 159 g/mol. The molecule has 11 heavy (non-hydrogen) atoms. The summed E-state index contributed by atoms with van der Waals surface area (Å²) in [6.45, 7) is 4.00. The van der Waals surface area contributed by atoms with Crippen molar-refractivity contribution in [3.8, 4) is 0 Å². The highest BCUT2D eigenvalue weighted by atomic mass is 19.3. The van der Waals surface area contributed by atoms with Gasteiger partial charge in [-0.25, -0.2) is 8.78 Å². The Bertz CT molecular complexity index is 175. The molecule has 0 aliphatic carbocycles. The summed E-state index contributed by atoms with van der Waals surface area (Å²) >= 11 is 0. The highest BCUT2D eigenvalue weighted by Gasteiger charge is 2.04. The molecule has 0 N–H and O–H groups in total. The minimum Gasteiger partial charge on any atom is -0.255 e. The molecule has 0 amide bonds. The molecule has 0 aliphatic rings. The van der Waals surface area contributed by atoms with E-state index in [1.807, 2.05) is 13.8 Å². The van der Waals surface area contributed by atoms with Gasteiger partial charge in [0.05, 0.1) is 0 Å². The number of alkyl halides is 2. The summed E-state index contributed by atoms with van der Waals surface area (Å²) in [4.78, 5) is 3.43. The molecule has 0 unspecified atom stereocenters. The van der Waals surface area contributed by atoms with Crippen LogP contribution in [0.5, 0.6) is 0 Å². The third-order valence-electron chi connectivity index (χ3n) is 0.911. The van der Waals surface area contributed by atoms with Gasteiger partial charge in [0.25, 0.3) is 6.43 Å². The van der Waals surface area contributed by atoms with E-state index in [0.717, 1.165) is 0 Å². The van der Waals surface area contributed by atoms with E-state index in [4.69, 9.17) is 0 Å². The summed E-state index contributed by atoms with van der Waals surface area (Å²) < 4.78 is 23.4. The topological polar surface area (TPSA) is 12.9 Å². The molecule has 0 aromatic carbocycles. The maximum atomic E-state index is 11.7. The molecule has 1 aromatic rings. The van der Waals surface area contributed by atoms with Crippen LogP contribution in [0.2, 0.25) is 0 Å². The summed E-state index contributed by atoms with van der Waals surface area (Å²) in [5, 5.41) is 0. The van der Waals surface area contributed by atoms with E-state index in [1.54, 1.807) is 6.07 Å². The fourth-order valence-corrected chi connectivity index (χ4v) is 0.505. The maximum absolute atomic E-state index is 11.7. The number of hydrogen-bond acceptors (Lipinski definition) is 1. The van der Waals surface area contributed by atoms with Crippen LogP contribution in [0.25, 0.3) is 0 Å². The zero-order valence-electron chi connectivity index (χ0n) is 6.59. The molecule has 0 spiro atoms. The second kappa shape index (κ2) is 5.77. The molecule has 1 aromatic heterocycles. The Morgan fingerprint density at radius 2 is 1.91 bits per heavy atom. The quantitative estimate of drug-likeness (QED) is 0.613. The van der Waals surface area contributed by atoms with Crippen LogP contribution in [0.4, 0.5) is 8.78 Å². The van der Waals surface area contributed by atoms with Crippen molar-refractivity contribution >= 4 is 0 Å². The summed E-state index contributed by atoms with van der Waals surface area (Å²) in [6, 6.07) is 4.44. The average molecular weight is 159 g/mol. The lowest BCUT2D eigenvalue weighted by Crippen LogP contribution is -1.85. The fraction of sp³-hybridized carbons (Fsp3) is 0.375. The third kappa shape index (κ3) is 3.65. The van der Waals surface area contributed by atoms with Crippen molar-refractivity contribution < 1.29 is 8.78 Å². The third-order valence-corrected chi connectivity index (χ3v) is 0.911. The standard InChI is InChI=1S/C6H5F2N.C2H6/c7-6(8)5-3-1-2-4-9-5;1-2/h1-4,6H;1-2H3. The highest BCUT2D eigenvalue weighted by Crippen LogP contribution is 2.13. The van der Waals surface area contributed by atoms with Crippen LogP contribution in [-0.4, -0.2) is 4.98 Å². The Kier molecular flexibility index (Phi) is 5.25. The van der Waals surface area contributed by atoms with Crippen molar-refractivity contribution in [3.63, 3.8) is 0 Å². The fourth-order valence-electron chi connectivity index (χ4n) is 0.505. The molecule has 0 bridgehead atoms. The first kappa shape index (κ1) is 10.0. The van der Waals surface area contributed by atoms with Crippen LogP contribution in [0.1, 0.15) is 26.0 Å². The van der Waals surface area contributed by atoms with Gasteiger partial charge in [-0.3, -0.25) is 4.98 Å². The van der Waals surface area contributed by atoms with Crippen LogP contribution >= 0.6 is 0 Å². The minimum atomic E-state index is -2.45. The van der Waals surface area contributed by atoms with Crippen LogP contribution < -0.4 is 0 Å². The van der Waals surface area contributed by atoms with Crippen molar-refractivity contribution in [3.05, 3.63) is 30.1 Å². The van der Waals surface area contributed by atoms with Crippen molar-refractivity contribution in [2.24, 2.45) is 0 Å². The minimum absolute atomic E-state index is 0.169. The number of aromatic nitrogens is 1. The first-order chi connectivity index (χ1) is 5.30. The molecular formula is C8H11F2N. The van der Waals surface area contributed by atoms with Gasteiger partial charge in [-0.1, -0.05) is 19.9 Å². The second-order valence-electron chi connectivity index (χ2n) is 1.56. The molecule has 1 nitrogen and oxygen atoms in total. The molecule has 0 radical (unpaired) electrons. The molecule has 0 fully saturated rings. The van der Waals surface area contributed by atoms with E-state index in [9.17, 15) is 8.78 Å². The molecule has 0 atom stereocenters. The summed E-state index contributed by atoms with van der Waals surface area (Å²) in [5.41, 5.74) is -0.169. The first-order valence-electron chi connectivity index (χ1n) is 3.50. The Balaban J connectivity index is 0.000000461. The lowest BCUT2D eigenvalue weighted by Gasteiger charge is -1.93. The molecule has 1 heterocycles. The lowest BCUT2D eigenvalue weighted by atomic mass is 10.4. The highest BCUT2D eigenvalue weighted by molar-refractivity contribution is 5.03. The Hall–Kier alpha value is -0.990. The van der Waals surface area contributed by atoms with Crippen molar-refractivity contribution in [2.45, 2.75) is 20.3 Å². The van der Waals surface area contributed by atoms with Crippen LogP contribution in [0, 0.1) is 0 Å². The zero-order chi connectivity index (χ0) is 8.69. The van der Waals surface area contributed by atoms with Crippen molar-refractivity contribution in [1.29, 1.82) is 0 Å². The smallest absolute Gasteiger partial charge is 0.255 e. The Labute approximate surface area is 65.1 Å². The van der Waals surface area contributed by atoms with E-state index < -0.39 is 6.43 Å². The largest absolute Gasteiger partial charge is 0.280 e. The first-order valence-corrected chi connectivity index (χ1v) is 3.50. The predicted molar refractivity (Wildman–Crippen MR) is 40.5 cm³/mol. The number of hydrogen-bond donors (Lipinski definition) is 0. The molecule has 3 heteroatoms. The summed E-state index contributed by atoms with van der Waals surface area (Å²) in [6.07, 6.45) is -1.10. The molecule has 0 saturated heterocycles. The Morgan fingerprint density at radius 1 is 1.27 bits per heavy atom. The lowest BCUT2D eigenvalue weighted by molar-refractivity contribution is 0.146. The second-order valence-corrected chi connectivity index (χ2v) is 1.56. The predicted octanol–water partition coefficient (Wildman–Crippen LogP) is 3.05. The van der Waals surface area contributed by atoms with Gasteiger partial charge in [-0.15, -0.1) is 0 Å². The van der Waals surface area contributed by atoms with Gasteiger partial charge < -0.3 is 0 Å². The average Bonchev–Trinajstić information content (AvgIpc) is 2.10. The van der Waals surface area contributed by atoms with Crippen LogP contribution in [-0.2, 0) is 0 Å². The van der Waals surface area contributed by atoms with Gasteiger partial charge in [0.1, 0.15) is 5.69 Å². The zero-order valence-corrected chi connectivity index (χ0v) is 6.59. The van der Waals surface area contributed by atoms with Crippen LogP contribution in [0.15, 0.2) is 24.4 Å². The normalized spacial score (nSPS) is 8.82. The van der Waals surface area contributed by atoms with E-state index in [0.29, 0.717) is 0 Å². The van der Waals surface area contributed by atoms with E-state index in [-0.39, 0.29) is 5.69 Å². The van der Waals surface area contributed by atoms with Gasteiger partial charge in [0, 0.05) is 6.20 Å². The number of pyridine rings is 1. The molecule has 0 saturated carbocycles. The molecular weight excluding hydrogens is 148 g/mol. The van der Waals surface area contributed by atoms with Crippen molar-refractivity contribution in [2.75, 3.05) is 0 Å². The SMILES string of the molecule is CC.FC(F)c1ccccn1. The summed E-state index contributed by atoms with van der Waals surface area (Å²) in [7, 11) is 0. The number of halogens is 2.